The van der Waals surface area contributed by atoms with Crippen molar-refractivity contribution < 1.29 is 14.0 Å². The third kappa shape index (κ3) is 4.61. The van der Waals surface area contributed by atoms with E-state index >= 15 is 0 Å². The van der Waals surface area contributed by atoms with Crippen molar-refractivity contribution in [3.8, 4) is 11.5 Å². The zero-order chi connectivity index (χ0) is 25.5. The number of methoxy groups -OCH3 is 2. The summed E-state index contributed by atoms with van der Waals surface area (Å²) in [5.74, 6) is 1.58. The molecule has 3 atom stereocenters. The Balaban J connectivity index is 0.00000294. The minimum Gasteiger partial charge on any atom is -0.609 e. The molecule has 8 nitrogen and oxygen atoms in total. The Labute approximate surface area is 225 Å². The van der Waals surface area contributed by atoms with Gasteiger partial charge in [0, 0.05) is 36.5 Å². The van der Waals surface area contributed by atoms with Crippen molar-refractivity contribution >= 4 is 27.9 Å². The lowest BCUT2D eigenvalue weighted by molar-refractivity contribution is 0.414. The molecule has 0 radical (unpaired) electrons. The summed E-state index contributed by atoms with van der Waals surface area (Å²) in [6.45, 7) is 1.13. The van der Waals surface area contributed by atoms with Crippen molar-refractivity contribution in [3.63, 3.8) is 0 Å². The maximum atomic E-state index is 13.6. The topological polar surface area (TPSA) is 92.5 Å². The van der Waals surface area contributed by atoms with Gasteiger partial charge in [-0.3, -0.25) is 9.36 Å². The first kappa shape index (κ1) is 26.1. The molecule has 1 fully saturated rings. The average molecular weight is 533 g/mol. The molecule has 198 valence electrons. The molecule has 2 aromatic carbocycles. The molecule has 6 rings (SSSR count). The van der Waals surface area contributed by atoms with E-state index < -0.39 is 11.2 Å². The molecule has 1 saturated carbocycles. The van der Waals surface area contributed by atoms with Gasteiger partial charge in [-0.15, -0.1) is 0 Å². The van der Waals surface area contributed by atoms with Crippen molar-refractivity contribution in [1.82, 2.24) is 14.5 Å². The first-order valence-corrected chi connectivity index (χ1v) is 13.6. The summed E-state index contributed by atoms with van der Waals surface area (Å²) in [5.41, 5.74) is 3.37. The molecule has 2 aromatic heterocycles. The van der Waals surface area contributed by atoms with Crippen LogP contribution in [-0.4, -0.2) is 38.6 Å². The van der Waals surface area contributed by atoms with E-state index in [1.165, 1.54) is 0 Å². The van der Waals surface area contributed by atoms with Crippen LogP contribution in [0.15, 0.2) is 70.7 Å². The van der Waals surface area contributed by atoms with Gasteiger partial charge in [0.05, 0.1) is 31.3 Å². The Morgan fingerprint density at radius 1 is 1.00 bits per heavy atom. The summed E-state index contributed by atoms with van der Waals surface area (Å²) in [5, 5.41) is 0.986. The zero-order valence-corrected chi connectivity index (χ0v) is 21.6. The molecular formula is C29H32N4O4S. The molecule has 2 bridgehead atoms. The minimum atomic E-state index is -1.32. The molecule has 3 unspecified atom stereocenters. The fraction of sp³-hybridized carbons (Fsp3) is 0.345. The van der Waals surface area contributed by atoms with Crippen molar-refractivity contribution in [2.24, 2.45) is 0 Å². The number of hydrogen-bond donors (Lipinski definition) is 0. The highest BCUT2D eigenvalue weighted by molar-refractivity contribution is 7.91. The standard InChI is InChI=1S/C28H28N4O4S.CH4/c1-35-20-10-6-18(7-11-20)16-31(17-19-8-12-21(36-2)13-9-19)24-14-26(33)32-23-4-3-5-25(23)37(34)28-29-15-22(24)27(32)30-28;/h6-15,23,25H,3-5,16-17H2,1-2H3;1H4. The summed E-state index contributed by atoms with van der Waals surface area (Å²) in [6.07, 6.45) is 4.32. The van der Waals surface area contributed by atoms with E-state index in [1.54, 1.807) is 31.0 Å². The Morgan fingerprint density at radius 3 is 2.18 bits per heavy atom. The molecule has 9 heteroatoms. The van der Waals surface area contributed by atoms with Crippen molar-refractivity contribution in [1.29, 1.82) is 0 Å². The summed E-state index contributed by atoms with van der Waals surface area (Å²) >= 11 is -1.32. The van der Waals surface area contributed by atoms with Crippen molar-refractivity contribution in [2.45, 2.75) is 56.2 Å². The lowest BCUT2D eigenvalue weighted by Crippen LogP contribution is -2.33. The quantitative estimate of drug-likeness (QED) is 0.248. The van der Waals surface area contributed by atoms with Crippen LogP contribution in [0.5, 0.6) is 11.5 Å². The van der Waals surface area contributed by atoms with Gasteiger partial charge >= 0.3 is 5.16 Å². The van der Waals surface area contributed by atoms with Crippen LogP contribution in [0.25, 0.3) is 11.0 Å². The van der Waals surface area contributed by atoms with E-state index in [1.807, 2.05) is 48.5 Å². The Bertz CT molecular complexity index is 1440. The van der Waals surface area contributed by atoms with E-state index in [4.69, 9.17) is 9.47 Å². The van der Waals surface area contributed by atoms with Crippen LogP contribution < -0.4 is 19.9 Å². The Kier molecular flexibility index (Phi) is 7.32. The van der Waals surface area contributed by atoms with Gasteiger partial charge in [0.2, 0.25) is 0 Å². The number of nitrogens with zero attached hydrogens (tertiary/aromatic N) is 4. The molecule has 0 saturated heterocycles. The normalized spacial score (nSPS) is 19.5. The fourth-order valence-electron chi connectivity index (χ4n) is 5.49. The van der Waals surface area contributed by atoms with Gasteiger partial charge in [0.15, 0.2) is 5.65 Å². The van der Waals surface area contributed by atoms with Crippen LogP contribution in [0, 0.1) is 0 Å². The Hall–Kier alpha value is -3.56. The lowest BCUT2D eigenvalue weighted by Gasteiger charge is -2.27. The molecule has 2 aliphatic rings. The first-order chi connectivity index (χ1) is 18.1. The van der Waals surface area contributed by atoms with E-state index in [2.05, 4.69) is 14.9 Å². The van der Waals surface area contributed by atoms with Gasteiger partial charge in [-0.05, 0) is 54.7 Å². The predicted molar refractivity (Wildman–Crippen MR) is 149 cm³/mol. The zero-order valence-electron chi connectivity index (χ0n) is 20.8. The second-order valence-electron chi connectivity index (χ2n) is 9.51. The van der Waals surface area contributed by atoms with Crippen LogP contribution in [0.3, 0.4) is 0 Å². The molecule has 38 heavy (non-hydrogen) atoms. The summed E-state index contributed by atoms with van der Waals surface area (Å²) in [6, 6.07) is 17.4. The van der Waals surface area contributed by atoms with E-state index in [-0.39, 0.29) is 24.3 Å². The first-order valence-electron chi connectivity index (χ1n) is 12.4. The monoisotopic (exact) mass is 532 g/mol. The molecule has 4 aromatic rings. The fourth-order valence-corrected chi connectivity index (χ4v) is 7.01. The SMILES string of the molecule is C.COc1ccc(CN(Cc2ccc(OC)cc2)c2cc(=O)n3c4nc(ncc24)[S+]([O-])C2CCCC23)cc1. The molecular weight excluding hydrogens is 500 g/mol. The smallest absolute Gasteiger partial charge is 0.345 e. The average Bonchev–Trinajstić information content (AvgIpc) is 3.38. The predicted octanol–water partition coefficient (Wildman–Crippen LogP) is 4.87. The number of benzene rings is 2. The summed E-state index contributed by atoms with van der Waals surface area (Å²) in [4.78, 5) is 25.0. The van der Waals surface area contributed by atoms with Gasteiger partial charge in [-0.25, -0.2) is 0 Å². The van der Waals surface area contributed by atoms with Gasteiger partial charge in [0.1, 0.15) is 16.7 Å². The lowest BCUT2D eigenvalue weighted by atomic mass is 10.1. The van der Waals surface area contributed by atoms with Gasteiger partial charge in [0.25, 0.3) is 5.56 Å². The molecule has 0 N–H and O–H groups in total. The van der Waals surface area contributed by atoms with Crippen LogP contribution in [0.2, 0.25) is 0 Å². The van der Waals surface area contributed by atoms with Gasteiger partial charge < -0.3 is 18.9 Å². The molecule has 0 spiro atoms. The number of aromatic nitrogens is 3. The largest absolute Gasteiger partial charge is 0.609 e. The molecule has 1 aliphatic carbocycles. The molecule has 1 aliphatic heterocycles. The highest BCUT2D eigenvalue weighted by atomic mass is 32.2. The van der Waals surface area contributed by atoms with E-state index in [0.717, 1.165) is 53.0 Å². The minimum absolute atomic E-state index is 0. The van der Waals surface area contributed by atoms with E-state index in [0.29, 0.717) is 23.9 Å². The van der Waals surface area contributed by atoms with Crippen molar-refractivity contribution in [3.05, 3.63) is 82.3 Å². The number of rotatable bonds is 7. The number of anilines is 1. The van der Waals surface area contributed by atoms with Crippen LogP contribution in [0.4, 0.5) is 5.69 Å². The second kappa shape index (κ2) is 10.7. The third-order valence-electron chi connectivity index (χ3n) is 7.36. The van der Waals surface area contributed by atoms with Crippen LogP contribution in [-0.2, 0) is 24.3 Å². The maximum absolute atomic E-state index is 13.6. The summed E-state index contributed by atoms with van der Waals surface area (Å²) in [7, 11) is 3.30. The van der Waals surface area contributed by atoms with Crippen LogP contribution >= 0.6 is 0 Å². The Morgan fingerprint density at radius 2 is 1.61 bits per heavy atom. The number of pyridine rings is 1. The number of hydrogen-bond acceptors (Lipinski definition) is 7. The second-order valence-corrected chi connectivity index (χ2v) is 11.1. The molecule has 3 heterocycles. The number of ether oxygens (including phenoxy) is 2. The van der Waals surface area contributed by atoms with Gasteiger partial charge in [-0.2, -0.15) is 9.97 Å². The summed E-state index contributed by atoms with van der Waals surface area (Å²) < 4.78 is 25.6. The van der Waals surface area contributed by atoms with Crippen LogP contribution in [0.1, 0.15) is 43.9 Å². The highest BCUT2D eigenvalue weighted by Gasteiger charge is 2.43. The van der Waals surface area contributed by atoms with E-state index in [9.17, 15) is 9.35 Å². The highest BCUT2D eigenvalue weighted by Crippen LogP contribution is 2.41. The third-order valence-corrected chi connectivity index (χ3v) is 9.01. The number of fused-ring (bicyclic) bond motifs is 3. The molecule has 0 amide bonds. The van der Waals surface area contributed by atoms with Crippen molar-refractivity contribution in [2.75, 3.05) is 19.1 Å². The maximum Gasteiger partial charge on any atom is 0.345 e. The van der Waals surface area contributed by atoms with Gasteiger partial charge in [-0.1, -0.05) is 31.7 Å².